The van der Waals surface area contributed by atoms with Crippen molar-refractivity contribution in [2.24, 2.45) is 5.92 Å². The van der Waals surface area contributed by atoms with Crippen molar-refractivity contribution in [1.29, 1.82) is 0 Å². The smallest absolute Gasteiger partial charge is 0.253 e. The fourth-order valence-electron chi connectivity index (χ4n) is 4.50. The first-order valence-electron chi connectivity index (χ1n) is 10.1. The number of hydrogen-bond acceptors (Lipinski definition) is 3. The van der Waals surface area contributed by atoms with E-state index in [2.05, 4.69) is 34.1 Å². The van der Waals surface area contributed by atoms with Gasteiger partial charge in [-0.05, 0) is 80.3 Å². The van der Waals surface area contributed by atoms with Crippen molar-refractivity contribution in [3.63, 3.8) is 0 Å². The second-order valence-electron chi connectivity index (χ2n) is 8.11. The number of pyridine rings is 1. The largest absolute Gasteiger partial charge is 0.371 e. The zero-order valence-corrected chi connectivity index (χ0v) is 16.4. The number of rotatable bonds is 4. The lowest BCUT2D eigenvalue weighted by Crippen LogP contribution is -2.39. The van der Waals surface area contributed by atoms with Gasteiger partial charge in [-0.3, -0.25) is 9.78 Å². The maximum absolute atomic E-state index is 12.9. The van der Waals surface area contributed by atoms with Crippen LogP contribution in [0.3, 0.4) is 0 Å². The Balaban J connectivity index is 1.32. The summed E-state index contributed by atoms with van der Waals surface area (Å²) in [7, 11) is 1.95. The molecule has 1 aromatic heterocycles. The Labute approximate surface area is 162 Å². The molecule has 2 aromatic rings. The van der Waals surface area contributed by atoms with E-state index in [1.54, 1.807) is 0 Å². The molecule has 1 aliphatic carbocycles. The quantitative estimate of drug-likeness (QED) is 0.827. The standard InChI is InChI=1S/C23H29N3O/c1-17-14-22(8-11-24-17)26-12-9-18(10-13-26)16-25(2)23(27)21-7-6-19-4-3-5-20(19)15-21/h6-8,11,14-15,18H,3-5,9-10,12-13,16H2,1-2H3. The van der Waals surface area contributed by atoms with Gasteiger partial charge in [0.2, 0.25) is 0 Å². The van der Waals surface area contributed by atoms with E-state index in [1.807, 2.05) is 31.1 Å². The van der Waals surface area contributed by atoms with E-state index < -0.39 is 0 Å². The van der Waals surface area contributed by atoms with Crippen molar-refractivity contribution in [2.75, 3.05) is 31.6 Å². The van der Waals surface area contributed by atoms with Crippen molar-refractivity contribution in [1.82, 2.24) is 9.88 Å². The van der Waals surface area contributed by atoms with Gasteiger partial charge in [-0.25, -0.2) is 0 Å². The van der Waals surface area contributed by atoms with Crippen LogP contribution in [0.15, 0.2) is 36.5 Å². The summed E-state index contributed by atoms with van der Waals surface area (Å²) in [5.74, 6) is 0.740. The molecule has 0 saturated carbocycles. The fraction of sp³-hybridized carbons (Fsp3) is 0.478. The summed E-state index contributed by atoms with van der Waals surface area (Å²) in [6, 6.07) is 10.5. The van der Waals surface area contributed by atoms with E-state index >= 15 is 0 Å². The average molecular weight is 364 g/mol. The molecule has 1 aromatic carbocycles. The third-order valence-electron chi connectivity index (χ3n) is 6.08. The van der Waals surface area contributed by atoms with E-state index in [9.17, 15) is 4.79 Å². The molecule has 4 rings (SSSR count). The van der Waals surface area contributed by atoms with Gasteiger partial charge in [-0.15, -0.1) is 0 Å². The predicted octanol–water partition coefficient (Wildman–Crippen LogP) is 3.87. The van der Waals surface area contributed by atoms with Crippen LogP contribution in [-0.2, 0) is 12.8 Å². The predicted molar refractivity (Wildman–Crippen MR) is 109 cm³/mol. The molecule has 142 valence electrons. The second-order valence-corrected chi connectivity index (χ2v) is 8.11. The number of aryl methyl sites for hydroxylation is 3. The molecule has 27 heavy (non-hydrogen) atoms. The Morgan fingerprint density at radius 2 is 1.93 bits per heavy atom. The first kappa shape index (κ1) is 18.0. The Morgan fingerprint density at radius 1 is 1.15 bits per heavy atom. The van der Waals surface area contributed by atoms with Crippen LogP contribution < -0.4 is 4.90 Å². The van der Waals surface area contributed by atoms with Gasteiger partial charge >= 0.3 is 0 Å². The minimum absolute atomic E-state index is 0.164. The van der Waals surface area contributed by atoms with E-state index in [4.69, 9.17) is 0 Å². The molecular formula is C23H29N3O. The van der Waals surface area contributed by atoms with Gasteiger partial charge in [0.05, 0.1) is 0 Å². The molecule has 4 heteroatoms. The van der Waals surface area contributed by atoms with Crippen LogP contribution in [0.1, 0.15) is 46.4 Å². The first-order valence-corrected chi connectivity index (χ1v) is 10.1. The normalized spacial score (nSPS) is 17.0. The summed E-state index contributed by atoms with van der Waals surface area (Å²) in [6.45, 7) is 4.99. The van der Waals surface area contributed by atoms with Gasteiger partial charge in [0.15, 0.2) is 0 Å². The zero-order chi connectivity index (χ0) is 18.8. The SMILES string of the molecule is Cc1cc(N2CCC(CN(C)C(=O)c3ccc4c(c3)CCC4)CC2)ccn1. The van der Waals surface area contributed by atoms with Gasteiger partial charge in [0, 0.05) is 49.8 Å². The molecule has 0 spiro atoms. The summed E-state index contributed by atoms with van der Waals surface area (Å²) >= 11 is 0. The molecule has 0 radical (unpaired) electrons. The molecule has 1 saturated heterocycles. The number of carbonyl (C=O) groups excluding carboxylic acids is 1. The highest BCUT2D eigenvalue weighted by Gasteiger charge is 2.23. The zero-order valence-electron chi connectivity index (χ0n) is 16.4. The number of anilines is 1. The molecule has 2 heterocycles. The van der Waals surface area contributed by atoms with E-state index in [0.717, 1.165) is 56.6 Å². The van der Waals surface area contributed by atoms with Crippen LogP contribution >= 0.6 is 0 Å². The van der Waals surface area contributed by atoms with Crippen molar-refractivity contribution in [3.8, 4) is 0 Å². The first-order chi connectivity index (χ1) is 13.1. The number of aromatic nitrogens is 1. The fourth-order valence-corrected chi connectivity index (χ4v) is 4.50. The third-order valence-corrected chi connectivity index (χ3v) is 6.08. The molecular weight excluding hydrogens is 334 g/mol. The summed E-state index contributed by atoms with van der Waals surface area (Å²) in [6.07, 6.45) is 7.65. The van der Waals surface area contributed by atoms with Gasteiger partial charge in [-0.1, -0.05) is 6.07 Å². The Morgan fingerprint density at radius 3 is 2.70 bits per heavy atom. The van der Waals surface area contributed by atoms with Crippen molar-refractivity contribution >= 4 is 11.6 Å². The van der Waals surface area contributed by atoms with Gasteiger partial charge < -0.3 is 9.80 Å². The Bertz CT molecular complexity index is 824. The number of benzene rings is 1. The minimum atomic E-state index is 0.164. The molecule has 1 fully saturated rings. The second kappa shape index (κ2) is 7.71. The summed E-state index contributed by atoms with van der Waals surface area (Å²) in [5, 5.41) is 0. The van der Waals surface area contributed by atoms with E-state index in [0.29, 0.717) is 5.92 Å². The highest BCUT2D eigenvalue weighted by atomic mass is 16.2. The number of carbonyl (C=O) groups is 1. The number of nitrogens with zero attached hydrogens (tertiary/aromatic N) is 3. The molecule has 0 unspecified atom stereocenters. The lowest BCUT2D eigenvalue weighted by atomic mass is 9.95. The maximum atomic E-state index is 12.9. The van der Waals surface area contributed by atoms with Crippen molar-refractivity contribution < 1.29 is 4.79 Å². The van der Waals surface area contributed by atoms with Crippen LogP contribution in [0.2, 0.25) is 0 Å². The van der Waals surface area contributed by atoms with Crippen molar-refractivity contribution in [3.05, 3.63) is 58.9 Å². The Kier molecular flexibility index (Phi) is 5.15. The Hall–Kier alpha value is -2.36. The van der Waals surface area contributed by atoms with E-state index in [-0.39, 0.29) is 5.91 Å². The molecule has 2 aliphatic rings. The maximum Gasteiger partial charge on any atom is 0.253 e. The highest BCUT2D eigenvalue weighted by Crippen LogP contribution is 2.26. The molecule has 1 aliphatic heterocycles. The number of amides is 1. The van der Waals surface area contributed by atoms with E-state index in [1.165, 1.54) is 23.2 Å². The third kappa shape index (κ3) is 4.00. The summed E-state index contributed by atoms with van der Waals surface area (Å²) in [5.41, 5.74) is 5.98. The number of fused-ring (bicyclic) bond motifs is 1. The molecule has 1 amide bonds. The minimum Gasteiger partial charge on any atom is -0.371 e. The molecule has 0 N–H and O–H groups in total. The number of hydrogen-bond donors (Lipinski definition) is 0. The monoisotopic (exact) mass is 363 g/mol. The number of piperidine rings is 1. The van der Waals surface area contributed by atoms with Crippen LogP contribution in [0, 0.1) is 12.8 Å². The lowest BCUT2D eigenvalue weighted by Gasteiger charge is -2.35. The van der Waals surface area contributed by atoms with Crippen LogP contribution in [0.25, 0.3) is 0 Å². The lowest BCUT2D eigenvalue weighted by molar-refractivity contribution is 0.0765. The van der Waals surface area contributed by atoms with Crippen LogP contribution in [0.4, 0.5) is 5.69 Å². The molecule has 4 nitrogen and oxygen atoms in total. The molecule has 0 atom stereocenters. The van der Waals surface area contributed by atoms with Crippen LogP contribution in [0.5, 0.6) is 0 Å². The van der Waals surface area contributed by atoms with Gasteiger partial charge in [0.25, 0.3) is 5.91 Å². The summed E-state index contributed by atoms with van der Waals surface area (Å²) in [4.78, 5) is 21.5. The van der Waals surface area contributed by atoms with Gasteiger partial charge in [-0.2, -0.15) is 0 Å². The summed E-state index contributed by atoms with van der Waals surface area (Å²) < 4.78 is 0. The highest BCUT2D eigenvalue weighted by molar-refractivity contribution is 5.94. The van der Waals surface area contributed by atoms with Gasteiger partial charge in [0.1, 0.15) is 0 Å². The van der Waals surface area contributed by atoms with Crippen LogP contribution in [-0.4, -0.2) is 42.5 Å². The average Bonchev–Trinajstić information content (AvgIpc) is 3.15. The molecule has 0 bridgehead atoms. The van der Waals surface area contributed by atoms with Crippen molar-refractivity contribution in [2.45, 2.75) is 39.0 Å². The topological polar surface area (TPSA) is 36.4 Å².